The van der Waals surface area contributed by atoms with Gasteiger partial charge in [0.2, 0.25) is 5.95 Å². The van der Waals surface area contributed by atoms with Crippen LogP contribution in [0, 0.1) is 0 Å². The fraction of sp³-hybridized carbons (Fsp3) is 0.324. The van der Waals surface area contributed by atoms with Crippen molar-refractivity contribution in [1.82, 2.24) is 39.7 Å². The lowest BCUT2D eigenvalue weighted by molar-refractivity contribution is -0.107. The molecule has 3 aromatic heterocycles. The number of hydroxylamine groups is 2. The topological polar surface area (TPSA) is 111 Å². The van der Waals surface area contributed by atoms with Gasteiger partial charge in [0, 0.05) is 32.2 Å². The lowest BCUT2D eigenvalue weighted by Crippen LogP contribution is -2.33. The maximum atomic E-state index is 13.2. The highest BCUT2D eigenvalue weighted by Crippen LogP contribution is 2.31. The van der Waals surface area contributed by atoms with Crippen LogP contribution in [0.15, 0.2) is 95.9 Å². The van der Waals surface area contributed by atoms with E-state index in [2.05, 4.69) is 48.1 Å². The van der Waals surface area contributed by atoms with E-state index >= 15 is 0 Å². The summed E-state index contributed by atoms with van der Waals surface area (Å²) in [5.74, 6) is 1.76. The minimum atomic E-state index is -0.261. The number of halogens is 2. The molecule has 0 spiro atoms. The largest absolute Gasteiger partial charge is 0.467 e. The molecule has 0 saturated carbocycles. The van der Waals surface area contributed by atoms with Gasteiger partial charge in [-0.3, -0.25) is 9.63 Å². The Hall–Kier alpha value is -4.75. The zero-order chi connectivity index (χ0) is 35.2. The van der Waals surface area contributed by atoms with E-state index in [-0.39, 0.29) is 11.8 Å². The van der Waals surface area contributed by atoms with Crippen LogP contribution in [0.2, 0.25) is 10.0 Å². The van der Waals surface area contributed by atoms with Crippen LogP contribution in [0.5, 0.6) is 0 Å². The maximum absolute atomic E-state index is 13.2. The summed E-state index contributed by atoms with van der Waals surface area (Å²) >= 11 is 12.8. The van der Waals surface area contributed by atoms with Gasteiger partial charge in [0.15, 0.2) is 0 Å². The minimum Gasteiger partial charge on any atom is -0.467 e. The van der Waals surface area contributed by atoms with Gasteiger partial charge >= 0.3 is 0 Å². The van der Waals surface area contributed by atoms with Crippen molar-refractivity contribution in [3.8, 4) is 5.69 Å². The number of aromatic nitrogens is 6. The van der Waals surface area contributed by atoms with Gasteiger partial charge in [-0.25, -0.2) is 14.7 Å². The predicted octanol–water partition coefficient (Wildman–Crippen LogP) is 6.74. The summed E-state index contributed by atoms with van der Waals surface area (Å²) < 4.78 is 9.47. The number of nitrogens with zero attached hydrogens (tertiary/aromatic N) is 9. The van der Waals surface area contributed by atoms with Crippen LogP contribution in [0.25, 0.3) is 16.7 Å². The molecule has 1 unspecified atom stereocenters. The molecule has 1 saturated heterocycles. The van der Waals surface area contributed by atoms with Crippen LogP contribution < -0.4 is 4.90 Å². The fourth-order valence-corrected chi connectivity index (χ4v) is 6.94. The Kier molecular flexibility index (Phi) is 10.9. The van der Waals surface area contributed by atoms with E-state index in [0.29, 0.717) is 40.9 Å². The smallest absolute Gasteiger partial charge is 0.277 e. The average Bonchev–Trinajstić information content (AvgIpc) is 3.92. The number of hydrogen-bond donors (Lipinski definition) is 0. The molecule has 7 rings (SSSR count). The standard InChI is InChI=1S/C37H39Cl2N9O3/c1-44(36(49)29-7-4-8-30(23-29)48-26-40-42-43-48)51-22-15-27(28-12-13-32(38)33(39)24-28)14-18-45-16-6-17-46(20-19-45)37-41-34-10-2-3-11-35(34)47(37)25-31-9-5-21-50-31/h2-5,7-13,21,23-24,26-27H,6,14-20,22,25H2,1H3. The second-order valence-electron chi connectivity index (χ2n) is 12.6. The second kappa shape index (κ2) is 16.1. The summed E-state index contributed by atoms with van der Waals surface area (Å²) in [7, 11) is 1.63. The number of carbonyl (C=O) groups is 1. The summed E-state index contributed by atoms with van der Waals surface area (Å²) in [5.41, 5.74) is 4.33. The van der Waals surface area contributed by atoms with E-state index < -0.39 is 0 Å². The summed E-state index contributed by atoms with van der Waals surface area (Å²) in [6.45, 7) is 5.56. The van der Waals surface area contributed by atoms with E-state index in [1.54, 1.807) is 31.5 Å². The van der Waals surface area contributed by atoms with Gasteiger partial charge in [0.1, 0.15) is 12.1 Å². The molecule has 14 heteroatoms. The third-order valence-corrected chi connectivity index (χ3v) is 10.1. The first-order valence-electron chi connectivity index (χ1n) is 17.1. The number of hydrogen-bond acceptors (Lipinski definition) is 9. The highest BCUT2D eigenvalue weighted by molar-refractivity contribution is 6.42. The number of rotatable bonds is 13. The average molecular weight is 729 g/mol. The fourth-order valence-electron chi connectivity index (χ4n) is 6.63. The van der Waals surface area contributed by atoms with Gasteiger partial charge in [-0.05, 0) is 109 Å². The molecule has 3 aromatic carbocycles. The number of imidazole rings is 1. The molecule has 1 atom stereocenters. The molecule has 0 N–H and O–H groups in total. The van der Waals surface area contributed by atoms with Crippen molar-refractivity contribution in [2.24, 2.45) is 0 Å². The van der Waals surface area contributed by atoms with Gasteiger partial charge in [-0.2, -0.15) is 0 Å². The zero-order valence-corrected chi connectivity index (χ0v) is 29.8. The van der Waals surface area contributed by atoms with E-state index in [1.165, 1.54) is 16.1 Å². The molecule has 6 aromatic rings. The highest BCUT2D eigenvalue weighted by atomic mass is 35.5. The summed E-state index contributed by atoms with van der Waals surface area (Å²) in [6, 6.07) is 25.1. The quantitative estimate of drug-likeness (QED) is 0.120. The molecule has 1 aliphatic heterocycles. The Morgan fingerprint density at radius 2 is 1.86 bits per heavy atom. The van der Waals surface area contributed by atoms with Crippen molar-refractivity contribution in [3.63, 3.8) is 0 Å². The summed E-state index contributed by atoms with van der Waals surface area (Å²) in [6.07, 6.45) is 5.80. The van der Waals surface area contributed by atoms with Crippen molar-refractivity contribution in [3.05, 3.63) is 118 Å². The Bertz CT molecular complexity index is 2050. The van der Waals surface area contributed by atoms with Crippen LogP contribution in [0.1, 0.15) is 46.9 Å². The third kappa shape index (κ3) is 8.26. The number of carbonyl (C=O) groups excluding carboxylic acids is 1. The Balaban J connectivity index is 0.986. The van der Waals surface area contributed by atoms with Crippen LogP contribution in [-0.4, -0.2) is 92.0 Å². The molecule has 1 amide bonds. The van der Waals surface area contributed by atoms with Crippen molar-refractivity contribution < 1.29 is 14.0 Å². The number of furan rings is 1. The van der Waals surface area contributed by atoms with Gasteiger partial charge in [-0.15, -0.1) is 5.10 Å². The first kappa shape index (κ1) is 34.7. The van der Waals surface area contributed by atoms with Crippen LogP contribution >= 0.6 is 23.2 Å². The molecule has 0 radical (unpaired) electrons. The molecule has 12 nitrogen and oxygen atoms in total. The number of anilines is 1. The van der Waals surface area contributed by atoms with Crippen LogP contribution in [-0.2, 0) is 11.4 Å². The van der Waals surface area contributed by atoms with Gasteiger partial charge in [0.25, 0.3) is 5.91 Å². The Morgan fingerprint density at radius 3 is 2.69 bits per heavy atom. The molecule has 51 heavy (non-hydrogen) atoms. The predicted molar refractivity (Wildman–Crippen MR) is 196 cm³/mol. The van der Waals surface area contributed by atoms with E-state index in [9.17, 15) is 4.79 Å². The molecule has 264 valence electrons. The number of fused-ring (bicyclic) bond motifs is 1. The summed E-state index contributed by atoms with van der Waals surface area (Å²) in [5, 5.41) is 13.6. The van der Waals surface area contributed by atoms with Crippen molar-refractivity contribution in [1.29, 1.82) is 0 Å². The molecular formula is C37H39Cl2N9O3. The zero-order valence-electron chi connectivity index (χ0n) is 28.3. The highest BCUT2D eigenvalue weighted by Gasteiger charge is 2.23. The molecule has 1 fully saturated rings. The molecule has 0 aliphatic carbocycles. The molecular weight excluding hydrogens is 689 g/mol. The first-order chi connectivity index (χ1) is 24.9. The second-order valence-corrected chi connectivity index (χ2v) is 13.5. The third-order valence-electron chi connectivity index (χ3n) is 9.35. The number of tetrazole rings is 1. The minimum absolute atomic E-state index is 0.142. The van der Waals surface area contributed by atoms with Crippen molar-refractivity contribution in [2.45, 2.75) is 31.7 Å². The maximum Gasteiger partial charge on any atom is 0.277 e. The lowest BCUT2D eigenvalue weighted by atomic mass is 9.92. The van der Waals surface area contributed by atoms with Crippen molar-refractivity contribution >= 4 is 46.1 Å². The lowest BCUT2D eigenvalue weighted by Gasteiger charge is -2.26. The number of para-hydroxylation sites is 2. The SMILES string of the molecule is CN(OCCC(CCN1CCCN(c2nc3ccccc3n2Cc2ccco2)CC1)c1ccc(Cl)c(Cl)c1)C(=O)c1cccc(-n2cnnn2)c1. The van der Waals surface area contributed by atoms with Crippen LogP contribution in [0.4, 0.5) is 5.95 Å². The number of benzene rings is 3. The molecule has 4 heterocycles. The van der Waals surface area contributed by atoms with Gasteiger partial charge < -0.3 is 18.8 Å². The number of amides is 1. The van der Waals surface area contributed by atoms with Crippen LogP contribution in [0.3, 0.4) is 0 Å². The first-order valence-corrected chi connectivity index (χ1v) is 17.8. The normalized spacial score (nSPS) is 14.5. The van der Waals surface area contributed by atoms with Gasteiger partial charge in [-0.1, -0.05) is 47.5 Å². The molecule has 0 bridgehead atoms. The summed E-state index contributed by atoms with van der Waals surface area (Å²) in [4.78, 5) is 29.2. The Labute approximate surface area is 306 Å². The van der Waals surface area contributed by atoms with E-state index in [0.717, 1.165) is 73.9 Å². The van der Waals surface area contributed by atoms with E-state index in [4.69, 9.17) is 37.4 Å². The van der Waals surface area contributed by atoms with Gasteiger partial charge in [0.05, 0.1) is 46.2 Å². The Morgan fingerprint density at radius 1 is 0.961 bits per heavy atom. The van der Waals surface area contributed by atoms with Crippen molar-refractivity contribution in [2.75, 3.05) is 51.3 Å². The monoisotopic (exact) mass is 727 g/mol. The molecule has 1 aliphatic rings. The van der Waals surface area contributed by atoms with E-state index in [1.807, 2.05) is 42.5 Å².